The van der Waals surface area contributed by atoms with Gasteiger partial charge in [0.15, 0.2) is 0 Å². The number of hydrogen-bond donors (Lipinski definition) is 1. The van der Waals surface area contributed by atoms with Crippen molar-refractivity contribution in [1.29, 1.82) is 0 Å². The maximum Gasteiger partial charge on any atom is 0.248 e. The van der Waals surface area contributed by atoms with Crippen molar-refractivity contribution in [2.24, 2.45) is 0 Å². The third-order valence-electron chi connectivity index (χ3n) is 4.57. The highest BCUT2D eigenvalue weighted by atomic mass is 35.5. The van der Waals surface area contributed by atoms with Crippen molar-refractivity contribution in [2.45, 2.75) is 17.7 Å². The first-order valence-electron chi connectivity index (χ1n) is 9.08. The Morgan fingerprint density at radius 3 is 2.69 bits per heavy atom. The Morgan fingerprint density at radius 2 is 1.93 bits per heavy atom. The first-order chi connectivity index (χ1) is 13.9. The molecule has 0 aliphatic carbocycles. The molecule has 1 aliphatic rings. The zero-order valence-electron chi connectivity index (χ0n) is 15.3. The average molecular weight is 448 g/mol. The second-order valence-corrected chi connectivity index (χ2v) is 9.97. The normalized spacial score (nSPS) is 15.3. The number of thiazole rings is 1. The molecule has 0 atom stereocenters. The van der Waals surface area contributed by atoms with Crippen molar-refractivity contribution in [1.82, 2.24) is 9.29 Å². The number of amides is 1. The Morgan fingerprint density at radius 1 is 1.17 bits per heavy atom. The summed E-state index contributed by atoms with van der Waals surface area (Å²) in [6.45, 7) is 0.973. The standard InChI is InChI=1S/C20H18ClN3O3S2/c21-15-8-7-14(13-18(15)29(26,27)24-11-3-4-12-24)22-19(25)9-10-20-23-16-5-1-2-6-17(16)28-20/h1-2,5-10,13H,3-4,11-12H2,(H,22,25)/b10-9+. The van der Waals surface area contributed by atoms with Crippen molar-refractivity contribution in [2.75, 3.05) is 18.4 Å². The molecule has 0 radical (unpaired) electrons. The highest BCUT2D eigenvalue weighted by Gasteiger charge is 2.29. The molecule has 2 heterocycles. The number of hydrogen-bond acceptors (Lipinski definition) is 5. The zero-order chi connectivity index (χ0) is 20.4. The van der Waals surface area contributed by atoms with Crippen LogP contribution in [0.25, 0.3) is 16.3 Å². The van der Waals surface area contributed by atoms with Gasteiger partial charge in [0, 0.05) is 24.9 Å². The molecule has 0 spiro atoms. The summed E-state index contributed by atoms with van der Waals surface area (Å²) in [4.78, 5) is 16.7. The van der Waals surface area contributed by atoms with Crippen LogP contribution in [0.1, 0.15) is 17.8 Å². The molecule has 1 fully saturated rings. The molecule has 9 heteroatoms. The van der Waals surface area contributed by atoms with Crippen molar-refractivity contribution < 1.29 is 13.2 Å². The van der Waals surface area contributed by atoms with E-state index in [1.807, 2.05) is 24.3 Å². The molecule has 6 nitrogen and oxygen atoms in total. The van der Waals surface area contributed by atoms with E-state index in [-0.39, 0.29) is 15.8 Å². The minimum Gasteiger partial charge on any atom is -0.322 e. The smallest absolute Gasteiger partial charge is 0.248 e. The van der Waals surface area contributed by atoms with Crippen LogP contribution in [0.3, 0.4) is 0 Å². The van der Waals surface area contributed by atoms with E-state index in [0.29, 0.717) is 18.8 Å². The van der Waals surface area contributed by atoms with Gasteiger partial charge < -0.3 is 5.32 Å². The van der Waals surface area contributed by atoms with E-state index in [4.69, 9.17) is 11.6 Å². The number of benzene rings is 2. The lowest BCUT2D eigenvalue weighted by molar-refractivity contribution is -0.111. The van der Waals surface area contributed by atoms with E-state index in [2.05, 4.69) is 10.3 Å². The number of rotatable bonds is 5. The molecule has 0 saturated carbocycles. The van der Waals surface area contributed by atoms with Gasteiger partial charge in [-0.15, -0.1) is 11.3 Å². The fourth-order valence-corrected chi connectivity index (χ4v) is 6.03. The summed E-state index contributed by atoms with van der Waals surface area (Å²) >= 11 is 7.62. The van der Waals surface area contributed by atoms with E-state index < -0.39 is 10.0 Å². The number of nitrogens with zero attached hydrogens (tertiary/aromatic N) is 2. The third-order valence-corrected chi connectivity index (χ3v) is 7.95. The monoisotopic (exact) mass is 447 g/mol. The molecule has 29 heavy (non-hydrogen) atoms. The molecular weight excluding hydrogens is 430 g/mol. The fraction of sp³-hybridized carbons (Fsp3) is 0.200. The predicted molar refractivity (Wildman–Crippen MR) is 117 cm³/mol. The van der Waals surface area contributed by atoms with E-state index in [1.54, 1.807) is 12.1 Å². The van der Waals surface area contributed by atoms with Crippen molar-refractivity contribution in [3.05, 3.63) is 58.6 Å². The second kappa shape index (κ2) is 8.23. The van der Waals surface area contributed by atoms with Crippen molar-refractivity contribution in [3.63, 3.8) is 0 Å². The van der Waals surface area contributed by atoms with E-state index in [1.165, 1.54) is 33.9 Å². The lowest BCUT2D eigenvalue weighted by Gasteiger charge is -2.17. The molecule has 1 N–H and O–H groups in total. The molecule has 2 aromatic carbocycles. The molecule has 0 bridgehead atoms. The molecule has 1 aliphatic heterocycles. The molecule has 1 amide bonds. The third kappa shape index (κ3) is 4.35. The van der Waals surface area contributed by atoms with Crippen LogP contribution in [0, 0.1) is 0 Å². The first kappa shape index (κ1) is 20.0. The minimum absolute atomic E-state index is 0.00835. The Hall–Kier alpha value is -2.26. The predicted octanol–water partition coefficient (Wildman–Crippen LogP) is 4.39. The molecule has 1 saturated heterocycles. The summed E-state index contributed by atoms with van der Waals surface area (Å²) in [5.41, 5.74) is 1.25. The van der Waals surface area contributed by atoms with Crippen molar-refractivity contribution >= 4 is 60.8 Å². The SMILES string of the molecule is O=C(/C=C/c1nc2ccccc2s1)Nc1ccc(Cl)c(S(=O)(=O)N2CCCC2)c1. The summed E-state index contributed by atoms with van der Waals surface area (Å²) in [6.07, 6.45) is 4.69. The number of halogens is 1. The van der Waals surface area contributed by atoms with Gasteiger partial charge in [0.1, 0.15) is 9.90 Å². The largest absolute Gasteiger partial charge is 0.322 e. The Labute approximate surface area is 177 Å². The van der Waals surface area contributed by atoms with Crippen LogP contribution < -0.4 is 5.32 Å². The highest BCUT2D eigenvalue weighted by molar-refractivity contribution is 7.89. The van der Waals surface area contributed by atoms with Crippen LogP contribution in [0.5, 0.6) is 0 Å². The topological polar surface area (TPSA) is 79.4 Å². The number of carbonyl (C=O) groups is 1. The van der Waals surface area contributed by atoms with Gasteiger partial charge in [-0.3, -0.25) is 4.79 Å². The van der Waals surface area contributed by atoms with Gasteiger partial charge in [0.25, 0.3) is 0 Å². The van der Waals surface area contributed by atoms with Gasteiger partial charge in [-0.1, -0.05) is 23.7 Å². The molecular formula is C20H18ClN3O3S2. The first-order valence-corrected chi connectivity index (χ1v) is 11.7. The van der Waals surface area contributed by atoms with Crippen LogP contribution in [-0.4, -0.2) is 36.7 Å². The molecule has 1 aromatic heterocycles. The summed E-state index contributed by atoms with van der Waals surface area (Å²) < 4.78 is 28.1. The van der Waals surface area contributed by atoms with Gasteiger partial charge in [-0.05, 0) is 49.2 Å². The number of nitrogens with one attached hydrogen (secondary N) is 1. The Kier molecular flexibility index (Phi) is 5.69. The summed E-state index contributed by atoms with van der Waals surface area (Å²) in [6, 6.07) is 12.2. The Balaban J connectivity index is 1.51. The fourth-order valence-electron chi connectivity index (χ4n) is 3.14. The van der Waals surface area contributed by atoms with E-state index >= 15 is 0 Å². The molecule has 0 unspecified atom stereocenters. The van der Waals surface area contributed by atoms with Gasteiger partial charge in [0.05, 0.1) is 15.2 Å². The van der Waals surface area contributed by atoms with Crippen molar-refractivity contribution in [3.8, 4) is 0 Å². The van der Waals surface area contributed by atoms with Crippen LogP contribution in [0.4, 0.5) is 5.69 Å². The van der Waals surface area contributed by atoms with Crippen LogP contribution in [0.15, 0.2) is 53.4 Å². The molecule has 150 valence electrons. The number of fused-ring (bicyclic) bond motifs is 1. The Bertz CT molecular complexity index is 1170. The highest BCUT2D eigenvalue weighted by Crippen LogP contribution is 2.29. The number of aromatic nitrogens is 1. The lowest BCUT2D eigenvalue weighted by Crippen LogP contribution is -2.28. The maximum absolute atomic E-state index is 12.8. The lowest BCUT2D eigenvalue weighted by atomic mass is 10.3. The van der Waals surface area contributed by atoms with Crippen LogP contribution in [0.2, 0.25) is 5.02 Å². The van der Waals surface area contributed by atoms with Gasteiger partial charge in [-0.2, -0.15) is 4.31 Å². The van der Waals surface area contributed by atoms with Gasteiger partial charge >= 0.3 is 0 Å². The number of para-hydroxylation sites is 1. The summed E-state index contributed by atoms with van der Waals surface area (Å²) in [7, 11) is -3.67. The summed E-state index contributed by atoms with van der Waals surface area (Å²) in [5.74, 6) is -0.379. The van der Waals surface area contributed by atoms with Gasteiger partial charge in [0.2, 0.25) is 15.9 Å². The number of anilines is 1. The molecule has 3 aromatic rings. The number of carbonyl (C=O) groups excluding carboxylic acids is 1. The van der Waals surface area contributed by atoms with Gasteiger partial charge in [-0.25, -0.2) is 13.4 Å². The quantitative estimate of drug-likeness (QED) is 0.588. The second-order valence-electron chi connectivity index (χ2n) is 6.60. The number of sulfonamides is 1. The summed E-state index contributed by atoms with van der Waals surface area (Å²) in [5, 5.41) is 3.54. The van der Waals surface area contributed by atoms with Crippen LogP contribution >= 0.6 is 22.9 Å². The van der Waals surface area contributed by atoms with Crippen LogP contribution in [-0.2, 0) is 14.8 Å². The molecule has 4 rings (SSSR count). The van der Waals surface area contributed by atoms with E-state index in [9.17, 15) is 13.2 Å². The van der Waals surface area contributed by atoms with E-state index in [0.717, 1.165) is 28.1 Å². The minimum atomic E-state index is -3.67. The maximum atomic E-state index is 12.8. The average Bonchev–Trinajstić information content (AvgIpc) is 3.37. The zero-order valence-corrected chi connectivity index (χ0v) is 17.7.